The quantitative estimate of drug-likeness (QED) is 0.944. The number of benzene rings is 1. The van der Waals surface area contributed by atoms with Gasteiger partial charge in [-0.2, -0.15) is 0 Å². The zero-order chi connectivity index (χ0) is 16.4. The number of likely N-dealkylation sites (tertiary alicyclic amines) is 1. The van der Waals surface area contributed by atoms with Crippen molar-refractivity contribution in [1.29, 1.82) is 0 Å². The van der Waals surface area contributed by atoms with Crippen molar-refractivity contribution in [3.8, 4) is 0 Å². The zero-order valence-electron chi connectivity index (χ0n) is 13.8. The number of hydrogen-bond acceptors (Lipinski definition) is 3. The third kappa shape index (κ3) is 3.45. The summed E-state index contributed by atoms with van der Waals surface area (Å²) in [5.41, 5.74) is 8.01. The number of nitrogens with two attached hydrogens (primary N) is 1. The van der Waals surface area contributed by atoms with Crippen LogP contribution in [0.25, 0.3) is 0 Å². The van der Waals surface area contributed by atoms with E-state index in [0.717, 1.165) is 30.6 Å². The molecule has 1 aliphatic heterocycles. The fourth-order valence-electron chi connectivity index (χ4n) is 3.07. The highest BCUT2D eigenvalue weighted by Crippen LogP contribution is 2.28. The minimum absolute atomic E-state index is 0.0325. The summed E-state index contributed by atoms with van der Waals surface area (Å²) in [7, 11) is 0. The van der Waals surface area contributed by atoms with E-state index in [9.17, 15) is 4.79 Å². The van der Waals surface area contributed by atoms with Crippen molar-refractivity contribution in [2.45, 2.75) is 32.9 Å². The van der Waals surface area contributed by atoms with E-state index in [1.54, 1.807) is 12.5 Å². The number of carbonyl (C=O) groups is 1. The van der Waals surface area contributed by atoms with Crippen molar-refractivity contribution in [3.63, 3.8) is 0 Å². The van der Waals surface area contributed by atoms with Crippen LogP contribution in [0.15, 0.2) is 43.0 Å². The summed E-state index contributed by atoms with van der Waals surface area (Å²) < 4.78 is 2.01. The first-order chi connectivity index (χ1) is 11.0. The molecule has 1 aromatic heterocycles. The summed E-state index contributed by atoms with van der Waals surface area (Å²) in [5, 5.41) is 0. The number of piperidine rings is 1. The van der Waals surface area contributed by atoms with Crippen LogP contribution in [0, 0.1) is 5.41 Å². The highest BCUT2D eigenvalue weighted by molar-refractivity contribution is 5.94. The van der Waals surface area contributed by atoms with Gasteiger partial charge in [0.25, 0.3) is 5.91 Å². The second-order valence-electron chi connectivity index (χ2n) is 7.04. The summed E-state index contributed by atoms with van der Waals surface area (Å²) in [4.78, 5) is 18.7. The summed E-state index contributed by atoms with van der Waals surface area (Å²) in [6, 6.07) is 8.00. The van der Waals surface area contributed by atoms with Crippen LogP contribution >= 0.6 is 0 Å². The van der Waals surface area contributed by atoms with E-state index in [4.69, 9.17) is 5.73 Å². The Morgan fingerprint density at radius 2 is 2.09 bits per heavy atom. The van der Waals surface area contributed by atoms with Crippen LogP contribution in [-0.4, -0.2) is 39.5 Å². The maximum atomic E-state index is 12.7. The standard InChI is InChI=1S/C18H24N4O/c1-18(2)12-22(9-7-16(18)19)17(23)15-5-3-14(4-6-15)11-21-10-8-20-13-21/h3-6,8,10,13,16H,7,9,11-12,19H2,1-2H3. The molecule has 0 radical (unpaired) electrons. The number of hydrogen-bond donors (Lipinski definition) is 1. The van der Waals surface area contributed by atoms with Crippen LogP contribution in [-0.2, 0) is 6.54 Å². The molecule has 1 aromatic carbocycles. The van der Waals surface area contributed by atoms with Crippen LogP contribution in [0.5, 0.6) is 0 Å². The van der Waals surface area contributed by atoms with Crippen molar-refractivity contribution in [2.24, 2.45) is 11.1 Å². The van der Waals surface area contributed by atoms with Gasteiger partial charge in [0.15, 0.2) is 0 Å². The molecule has 1 unspecified atom stereocenters. The van der Waals surface area contributed by atoms with Gasteiger partial charge in [-0.15, -0.1) is 0 Å². The lowest BCUT2D eigenvalue weighted by atomic mass is 9.79. The Labute approximate surface area is 137 Å². The Bertz CT molecular complexity index is 661. The van der Waals surface area contributed by atoms with E-state index in [-0.39, 0.29) is 17.4 Å². The molecule has 5 heteroatoms. The fraction of sp³-hybridized carbons (Fsp3) is 0.444. The molecule has 0 spiro atoms. The maximum Gasteiger partial charge on any atom is 0.253 e. The average molecular weight is 312 g/mol. The predicted molar refractivity (Wildman–Crippen MR) is 90.0 cm³/mol. The Kier molecular flexibility index (Phi) is 4.22. The van der Waals surface area contributed by atoms with Crippen LogP contribution < -0.4 is 5.73 Å². The lowest BCUT2D eigenvalue weighted by Crippen LogP contribution is -2.53. The molecule has 1 amide bonds. The molecule has 1 atom stereocenters. The van der Waals surface area contributed by atoms with E-state index in [0.29, 0.717) is 6.54 Å². The van der Waals surface area contributed by atoms with E-state index >= 15 is 0 Å². The molecule has 1 saturated heterocycles. The van der Waals surface area contributed by atoms with Gasteiger partial charge in [-0.05, 0) is 29.5 Å². The van der Waals surface area contributed by atoms with Gasteiger partial charge in [-0.1, -0.05) is 26.0 Å². The van der Waals surface area contributed by atoms with Crippen molar-refractivity contribution >= 4 is 5.91 Å². The third-order valence-corrected chi connectivity index (χ3v) is 4.72. The van der Waals surface area contributed by atoms with Gasteiger partial charge in [0.05, 0.1) is 6.33 Å². The minimum Gasteiger partial charge on any atom is -0.338 e. The minimum atomic E-state index is -0.0325. The number of rotatable bonds is 3. The monoisotopic (exact) mass is 312 g/mol. The molecule has 122 valence electrons. The first kappa shape index (κ1) is 15.7. The molecule has 0 aliphatic carbocycles. The molecule has 1 aliphatic rings. The topological polar surface area (TPSA) is 64.2 Å². The van der Waals surface area contributed by atoms with E-state index in [2.05, 4.69) is 18.8 Å². The molecular formula is C18H24N4O. The first-order valence-electron chi connectivity index (χ1n) is 8.05. The molecule has 1 fully saturated rings. The van der Waals surface area contributed by atoms with E-state index in [1.807, 2.05) is 39.9 Å². The van der Waals surface area contributed by atoms with E-state index < -0.39 is 0 Å². The second-order valence-corrected chi connectivity index (χ2v) is 7.04. The Morgan fingerprint density at radius 3 is 2.70 bits per heavy atom. The molecule has 0 saturated carbocycles. The Morgan fingerprint density at radius 1 is 1.35 bits per heavy atom. The van der Waals surface area contributed by atoms with Gasteiger partial charge >= 0.3 is 0 Å². The Hall–Kier alpha value is -2.14. The van der Waals surface area contributed by atoms with Crippen molar-refractivity contribution in [1.82, 2.24) is 14.5 Å². The van der Waals surface area contributed by atoms with Gasteiger partial charge in [-0.25, -0.2) is 4.98 Å². The third-order valence-electron chi connectivity index (χ3n) is 4.72. The van der Waals surface area contributed by atoms with Crippen molar-refractivity contribution in [3.05, 3.63) is 54.1 Å². The Balaban J connectivity index is 1.68. The fourth-order valence-corrected chi connectivity index (χ4v) is 3.07. The number of amides is 1. The summed E-state index contributed by atoms with van der Waals surface area (Å²) >= 11 is 0. The highest BCUT2D eigenvalue weighted by Gasteiger charge is 2.35. The zero-order valence-corrected chi connectivity index (χ0v) is 13.8. The SMILES string of the molecule is CC1(C)CN(C(=O)c2ccc(Cn3ccnc3)cc2)CCC1N. The molecule has 2 heterocycles. The normalized spacial score (nSPS) is 20.5. The summed E-state index contributed by atoms with van der Waals surface area (Å²) in [5.74, 6) is 0.0964. The van der Waals surface area contributed by atoms with Gasteiger partial charge in [0.1, 0.15) is 0 Å². The van der Waals surface area contributed by atoms with Crippen LogP contribution in [0.2, 0.25) is 0 Å². The first-order valence-corrected chi connectivity index (χ1v) is 8.05. The largest absolute Gasteiger partial charge is 0.338 e. The van der Waals surface area contributed by atoms with Crippen molar-refractivity contribution < 1.29 is 4.79 Å². The number of carbonyl (C=O) groups excluding carboxylic acids is 1. The predicted octanol–water partition coefficient (Wildman–Crippen LogP) is 2.13. The molecule has 2 N–H and O–H groups in total. The summed E-state index contributed by atoms with van der Waals surface area (Å²) in [6.07, 6.45) is 6.34. The lowest BCUT2D eigenvalue weighted by molar-refractivity contribution is 0.0533. The van der Waals surface area contributed by atoms with Gasteiger partial charge in [-0.3, -0.25) is 4.79 Å². The number of nitrogens with zero attached hydrogens (tertiary/aromatic N) is 3. The van der Waals surface area contributed by atoms with Gasteiger partial charge < -0.3 is 15.2 Å². The van der Waals surface area contributed by atoms with Crippen LogP contribution in [0.3, 0.4) is 0 Å². The molecule has 3 rings (SSSR count). The highest BCUT2D eigenvalue weighted by atomic mass is 16.2. The maximum absolute atomic E-state index is 12.7. The van der Waals surface area contributed by atoms with Gasteiger partial charge in [0.2, 0.25) is 0 Å². The molecule has 5 nitrogen and oxygen atoms in total. The molecular weight excluding hydrogens is 288 g/mol. The van der Waals surface area contributed by atoms with Crippen LogP contribution in [0.4, 0.5) is 0 Å². The van der Waals surface area contributed by atoms with Crippen LogP contribution in [0.1, 0.15) is 36.2 Å². The smallest absolute Gasteiger partial charge is 0.253 e. The van der Waals surface area contributed by atoms with Crippen molar-refractivity contribution in [2.75, 3.05) is 13.1 Å². The molecule has 23 heavy (non-hydrogen) atoms. The average Bonchev–Trinajstić information content (AvgIpc) is 3.03. The van der Waals surface area contributed by atoms with Gasteiger partial charge in [0, 0.05) is 43.6 Å². The number of imidazole rings is 1. The summed E-state index contributed by atoms with van der Waals surface area (Å²) in [6.45, 7) is 6.47. The number of aromatic nitrogens is 2. The van der Waals surface area contributed by atoms with E-state index in [1.165, 1.54) is 0 Å². The second kappa shape index (κ2) is 6.16. The lowest BCUT2D eigenvalue weighted by Gasteiger charge is -2.42. The molecule has 2 aromatic rings. The molecule has 0 bridgehead atoms.